The largest absolute Gasteiger partial charge is 0.485 e. The van der Waals surface area contributed by atoms with E-state index in [9.17, 15) is 23.5 Å². The first kappa shape index (κ1) is 20.3. The molecule has 0 spiro atoms. The normalized spacial score (nSPS) is 15.9. The number of carbonyl (C=O) groups excluding carboxylic acids is 1. The summed E-state index contributed by atoms with van der Waals surface area (Å²) in [6.45, 7) is -1.49. The van der Waals surface area contributed by atoms with Gasteiger partial charge in [-0.25, -0.2) is 4.79 Å². The minimum atomic E-state index is -3.02. The molecule has 0 fully saturated rings. The van der Waals surface area contributed by atoms with Crippen LogP contribution in [-0.2, 0) is 16.2 Å². The molecule has 29 heavy (non-hydrogen) atoms. The van der Waals surface area contributed by atoms with Crippen LogP contribution >= 0.6 is 0 Å². The van der Waals surface area contributed by atoms with Crippen LogP contribution in [0.4, 0.5) is 8.78 Å². The smallest absolute Gasteiger partial charge is 0.387 e. The van der Waals surface area contributed by atoms with E-state index in [0.29, 0.717) is 11.1 Å². The molecule has 152 valence electrons. The van der Waals surface area contributed by atoms with Crippen LogP contribution in [0.5, 0.6) is 11.5 Å². The topological polar surface area (TPSA) is 76.1 Å². The molecular weight excluding hydrogens is 384 g/mol. The number of carbonyl (C=O) groups is 2. The molecule has 0 saturated heterocycles. The van der Waals surface area contributed by atoms with Crippen molar-refractivity contribution in [1.82, 2.24) is 4.90 Å². The van der Waals surface area contributed by atoms with Crippen molar-refractivity contribution in [3.63, 3.8) is 0 Å². The lowest BCUT2D eigenvalue weighted by atomic mass is 10.1. The number of rotatable bonds is 7. The van der Waals surface area contributed by atoms with Gasteiger partial charge in [0.05, 0.1) is 0 Å². The van der Waals surface area contributed by atoms with Gasteiger partial charge in [0.15, 0.2) is 11.5 Å². The molecule has 1 amide bonds. The van der Waals surface area contributed by atoms with E-state index in [1.807, 2.05) is 30.3 Å². The quantitative estimate of drug-likeness (QED) is 0.765. The van der Waals surface area contributed by atoms with E-state index in [1.165, 1.54) is 36.1 Å². The van der Waals surface area contributed by atoms with Crippen molar-refractivity contribution in [2.45, 2.75) is 26.2 Å². The fraction of sp³-hybridized carbons (Fsp3) is 0.238. The molecule has 0 aliphatic carbocycles. The summed E-state index contributed by atoms with van der Waals surface area (Å²) in [5.74, 6) is -1.55. The van der Waals surface area contributed by atoms with Crippen molar-refractivity contribution in [3.8, 4) is 11.5 Å². The van der Waals surface area contributed by atoms with E-state index in [0.717, 1.165) is 5.56 Å². The fourth-order valence-electron chi connectivity index (χ4n) is 3.06. The van der Waals surface area contributed by atoms with Gasteiger partial charge >= 0.3 is 12.6 Å². The lowest BCUT2D eigenvalue weighted by molar-refractivity contribution is -0.146. The molecule has 2 aromatic carbocycles. The first-order chi connectivity index (χ1) is 13.8. The number of carboxylic acid groups (broad SMARTS) is 1. The molecule has 6 nitrogen and oxygen atoms in total. The van der Waals surface area contributed by atoms with Crippen LogP contribution in [0.15, 0.2) is 54.6 Å². The van der Waals surface area contributed by atoms with Crippen LogP contribution in [0.2, 0.25) is 0 Å². The Balaban J connectivity index is 1.89. The molecule has 0 radical (unpaired) electrons. The zero-order valence-electron chi connectivity index (χ0n) is 15.5. The number of carboxylic acids is 1. The summed E-state index contributed by atoms with van der Waals surface area (Å²) in [5, 5.41) is 9.34. The maximum Gasteiger partial charge on any atom is 0.387 e. The van der Waals surface area contributed by atoms with Crippen LogP contribution in [-0.4, -0.2) is 41.1 Å². The van der Waals surface area contributed by atoms with Gasteiger partial charge in [-0.15, -0.1) is 0 Å². The Morgan fingerprint density at radius 3 is 2.48 bits per heavy atom. The number of aliphatic carboxylic acids is 1. The predicted molar refractivity (Wildman–Crippen MR) is 101 cm³/mol. The van der Waals surface area contributed by atoms with Crippen LogP contribution < -0.4 is 9.47 Å². The Kier molecular flexibility index (Phi) is 6.11. The van der Waals surface area contributed by atoms with E-state index in [1.54, 1.807) is 0 Å². The highest BCUT2D eigenvalue weighted by Crippen LogP contribution is 2.35. The van der Waals surface area contributed by atoms with Crippen LogP contribution in [0, 0.1) is 0 Å². The third-order valence-electron chi connectivity index (χ3n) is 4.46. The number of hydrogen-bond donors (Lipinski definition) is 1. The summed E-state index contributed by atoms with van der Waals surface area (Å²) in [4.78, 5) is 24.4. The van der Waals surface area contributed by atoms with Crippen molar-refractivity contribution < 1.29 is 33.0 Å². The molecule has 1 atom stereocenters. The first-order valence-corrected chi connectivity index (χ1v) is 8.82. The van der Waals surface area contributed by atoms with Crippen molar-refractivity contribution in [1.29, 1.82) is 0 Å². The number of ether oxygens (including phenoxy) is 2. The Morgan fingerprint density at radius 2 is 1.90 bits per heavy atom. The molecule has 0 bridgehead atoms. The average Bonchev–Trinajstić information content (AvgIpc) is 3.14. The average molecular weight is 403 g/mol. The number of halogens is 2. The van der Waals surface area contributed by atoms with Gasteiger partial charge in [0.2, 0.25) is 5.91 Å². The summed E-state index contributed by atoms with van der Waals surface area (Å²) < 4.78 is 35.7. The number of amides is 1. The molecule has 2 aromatic rings. The van der Waals surface area contributed by atoms with Crippen LogP contribution in [0.3, 0.4) is 0 Å². The van der Waals surface area contributed by atoms with E-state index < -0.39 is 18.6 Å². The molecule has 0 saturated carbocycles. The maximum absolute atomic E-state index is 12.7. The standard InChI is InChI=1S/C21H19F2NO5/c1-13(25)24-11-16(9-17(24)20(26)27)15-7-8-18(29-21(22)23)19(10-15)28-12-14-5-3-2-4-6-14/h2-10,17,21H,11-12H2,1H3,(H,26,27). The minimum absolute atomic E-state index is 0.0967. The zero-order chi connectivity index (χ0) is 21.0. The Hall–Kier alpha value is -3.42. The summed E-state index contributed by atoms with van der Waals surface area (Å²) in [6.07, 6.45) is 1.47. The number of benzene rings is 2. The van der Waals surface area contributed by atoms with E-state index in [4.69, 9.17) is 4.74 Å². The summed E-state index contributed by atoms with van der Waals surface area (Å²) >= 11 is 0. The first-order valence-electron chi connectivity index (χ1n) is 8.82. The highest BCUT2D eigenvalue weighted by atomic mass is 19.3. The van der Waals surface area contributed by atoms with E-state index in [2.05, 4.69) is 4.74 Å². The van der Waals surface area contributed by atoms with Crippen molar-refractivity contribution in [2.75, 3.05) is 6.54 Å². The molecule has 1 heterocycles. The summed E-state index contributed by atoms with van der Waals surface area (Å²) in [7, 11) is 0. The highest BCUT2D eigenvalue weighted by Gasteiger charge is 2.32. The lowest BCUT2D eigenvalue weighted by Gasteiger charge is -2.19. The molecule has 8 heteroatoms. The third-order valence-corrected chi connectivity index (χ3v) is 4.46. The van der Waals surface area contributed by atoms with Crippen molar-refractivity contribution in [2.24, 2.45) is 0 Å². The second-order valence-corrected chi connectivity index (χ2v) is 6.44. The lowest BCUT2D eigenvalue weighted by Crippen LogP contribution is -2.39. The molecular formula is C21H19F2NO5. The van der Waals surface area contributed by atoms with E-state index >= 15 is 0 Å². The summed E-state index contributed by atoms with van der Waals surface area (Å²) in [5.41, 5.74) is 1.99. The van der Waals surface area contributed by atoms with Gasteiger partial charge in [0.25, 0.3) is 0 Å². The van der Waals surface area contributed by atoms with Gasteiger partial charge in [-0.3, -0.25) is 4.79 Å². The van der Waals surface area contributed by atoms with Crippen LogP contribution in [0.25, 0.3) is 5.57 Å². The van der Waals surface area contributed by atoms with Gasteiger partial charge in [0.1, 0.15) is 12.6 Å². The second kappa shape index (κ2) is 8.72. The van der Waals surface area contributed by atoms with Gasteiger partial charge in [-0.1, -0.05) is 36.4 Å². The molecule has 1 unspecified atom stereocenters. The number of hydrogen-bond acceptors (Lipinski definition) is 4. The fourth-order valence-corrected chi connectivity index (χ4v) is 3.06. The van der Waals surface area contributed by atoms with Crippen molar-refractivity contribution >= 4 is 17.4 Å². The van der Waals surface area contributed by atoms with Gasteiger partial charge in [-0.2, -0.15) is 8.78 Å². The molecule has 1 aliphatic rings. The van der Waals surface area contributed by atoms with E-state index in [-0.39, 0.29) is 30.6 Å². The maximum atomic E-state index is 12.7. The molecule has 3 rings (SSSR count). The SMILES string of the molecule is CC(=O)N1CC(c2ccc(OC(F)F)c(OCc3ccccc3)c2)=CC1C(=O)O. The van der Waals surface area contributed by atoms with Gasteiger partial charge < -0.3 is 19.5 Å². The van der Waals surface area contributed by atoms with Crippen LogP contribution in [0.1, 0.15) is 18.1 Å². The highest BCUT2D eigenvalue weighted by molar-refractivity contribution is 5.90. The van der Waals surface area contributed by atoms with Gasteiger partial charge in [-0.05, 0) is 34.9 Å². The minimum Gasteiger partial charge on any atom is -0.485 e. The molecule has 1 N–H and O–H groups in total. The second-order valence-electron chi connectivity index (χ2n) is 6.44. The number of alkyl halides is 2. The Morgan fingerprint density at radius 1 is 1.17 bits per heavy atom. The Bertz CT molecular complexity index is 930. The monoisotopic (exact) mass is 403 g/mol. The van der Waals surface area contributed by atoms with Crippen molar-refractivity contribution in [3.05, 3.63) is 65.7 Å². The molecule has 1 aliphatic heterocycles. The Labute approximate surface area is 166 Å². The third kappa shape index (κ3) is 4.90. The number of nitrogens with zero attached hydrogens (tertiary/aromatic N) is 1. The van der Waals surface area contributed by atoms with Gasteiger partial charge in [0, 0.05) is 13.5 Å². The summed E-state index contributed by atoms with van der Waals surface area (Å²) in [6, 6.07) is 12.5. The molecule has 0 aromatic heterocycles. The predicted octanol–water partition coefficient (Wildman–Crippen LogP) is 3.57. The zero-order valence-corrected chi connectivity index (χ0v) is 15.5.